The number of benzene rings is 2. The first kappa shape index (κ1) is 22.2. The molecule has 5 rings (SSSR count). The fourth-order valence-electron chi connectivity index (χ4n) is 3.85. The molecule has 0 spiro atoms. The van der Waals surface area contributed by atoms with Crippen LogP contribution in [0.25, 0.3) is 15.3 Å². The zero-order valence-corrected chi connectivity index (χ0v) is 20.0. The second kappa shape index (κ2) is 8.99. The van der Waals surface area contributed by atoms with Crippen LogP contribution >= 0.6 is 23.1 Å². The van der Waals surface area contributed by atoms with Gasteiger partial charge < -0.3 is 20.5 Å². The van der Waals surface area contributed by atoms with E-state index in [1.54, 1.807) is 10.7 Å². The summed E-state index contributed by atoms with van der Waals surface area (Å²) in [5.41, 5.74) is 8.69. The molecular formula is C23H21N5O4S2. The normalized spacial score (nSPS) is 15.5. The van der Waals surface area contributed by atoms with E-state index in [9.17, 15) is 9.59 Å². The molecule has 3 N–H and O–H groups in total. The van der Waals surface area contributed by atoms with Crippen LogP contribution in [-0.4, -0.2) is 46.0 Å². The molecule has 4 aromatic rings. The molecule has 0 saturated heterocycles. The topological polar surface area (TPSA) is 121 Å². The van der Waals surface area contributed by atoms with E-state index in [2.05, 4.69) is 5.32 Å². The number of nitrogens with two attached hydrogens (primary N) is 1. The first-order valence-electron chi connectivity index (χ1n) is 10.4. The molecular weight excluding hydrogens is 474 g/mol. The number of thiazole rings is 1. The highest BCUT2D eigenvalue weighted by Gasteiger charge is 2.32. The highest BCUT2D eigenvalue weighted by atomic mass is 32.2. The third-order valence-corrected chi connectivity index (χ3v) is 7.61. The number of primary amides is 1. The van der Waals surface area contributed by atoms with Crippen LogP contribution in [0.5, 0.6) is 11.5 Å². The van der Waals surface area contributed by atoms with Gasteiger partial charge in [0, 0.05) is 5.56 Å². The van der Waals surface area contributed by atoms with Gasteiger partial charge in [0.2, 0.25) is 11.0 Å². The molecule has 1 aliphatic heterocycles. The zero-order valence-electron chi connectivity index (χ0n) is 18.4. The molecule has 0 radical (unpaired) electrons. The van der Waals surface area contributed by atoms with Crippen molar-refractivity contribution in [3.05, 3.63) is 59.3 Å². The number of carbonyl (C=O) groups excluding carboxylic acids is 2. The van der Waals surface area contributed by atoms with Gasteiger partial charge in [-0.3, -0.25) is 9.59 Å². The van der Waals surface area contributed by atoms with Crippen molar-refractivity contribution in [3.8, 4) is 16.6 Å². The molecule has 1 unspecified atom stereocenters. The van der Waals surface area contributed by atoms with Crippen LogP contribution in [0.3, 0.4) is 0 Å². The van der Waals surface area contributed by atoms with Gasteiger partial charge in [-0.05, 0) is 36.8 Å². The maximum atomic E-state index is 12.6. The van der Waals surface area contributed by atoms with E-state index >= 15 is 0 Å². The van der Waals surface area contributed by atoms with Gasteiger partial charge in [-0.2, -0.15) is 9.78 Å². The molecule has 0 saturated carbocycles. The summed E-state index contributed by atoms with van der Waals surface area (Å²) in [5.74, 6) is 1.10. The van der Waals surface area contributed by atoms with Crippen LogP contribution in [0.15, 0.2) is 42.5 Å². The number of aromatic nitrogens is 3. The summed E-state index contributed by atoms with van der Waals surface area (Å²) < 4.78 is 13.7. The Labute approximate surface area is 203 Å². The summed E-state index contributed by atoms with van der Waals surface area (Å²) in [7, 11) is 1.53. The van der Waals surface area contributed by atoms with Gasteiger partial charge in [-0.25, -0.2) is 4.98 Å². The van der Waals surface area contributed by atoms with E-state index < -0.39 is 5.91 Å². The minimum absolute atomic E-state index is 0.107. The minimum Gasteiger partial charge on any atom is -0.493 e. The van der Waals surface area contributed by atoms with Gasteiger partial charge in [-0.15, -0.1) is 11.8 Å². The Kier molecular flexibility index (Phi) is 5.88. The lowest BCUT2D eigenvalue weighted by Crippen LogP contribution is -2.20. The number of para-hydroxylation sites is 1. The summed E-state index contributed by atoms with van der Waals surface area (Å²) in [5, 5.41) is 8.28. The number of hydrogen-bond acceptors (Lipinski definition) is 8. The maximum Gasteiger partial charge on any atom is 0.255 e. The first-order chi connectivity index (χ1) is 16.4. The quantitative estimate of drug-likeness (QED) is 0.420. The van der Waals surface area contributed by atoms with Crippen molar-refractivity contribution >= 4 is 50.9 Å². The zero-order chi connectivity index (χ0) is 23.8. The number of fused-ring (bicyclic) bond motifs is 2. The Morgan fingerprint density at radius 3 is 2.85 bits per heavy atom. The Hall–Kier alpha value is -3.57. The molecule has 1 aliphatic rings. The number of nitrogens with zero attached hydrogens (tertiary/aromatic N) is 3. The van der Waals surface area contributed by atoms with E-state index in [0.29, 0.717) is 22.4 Å². The third kappa shape index (κ3) is 4.08. The number of amides is 2. The van der Waals surface area contributed by atoms with E-state index in [-0.39, 0.29) is 23.5 Å². The number of nitrogens with one attached hydrogen (secondary N) is 1. The van der Waals surface area contributed by atoms with Gasteiger partial charge in [0.05, 0.1) is 34.0 Å². The van der Waals surface area contributed by atoms with Gasteiger partial charge >= 0.3 is 0 Å². The summed E-state index contributed by atoms with van der Waals surface area (Å²) >= 11 is 3.02. The molecule has 2 aromatic carbocycles. The van der Waals surface area contributed by atoms with Crippen molar-refractivity contribution in [2.45, 2.75) is 12.2 Å². The van der Waals surface area contributed by atoms with Gasteiger partial charge in [-0.1, -0.05) is 29.5 Å². The van der Waals surface area contributed by atoms with Crippen molar-refractivity contribution < 1.29 is 19.1 Å². The lowest BCUT2D eigenvalue weighted by molar-refractivity contribution is -0.120. The summed E-state index contributed by atoms with van der Waals surface area (Å²) in [4.78, 5) is 28.5. The predicted molar refractivity (Wildman–Crippen MR) is 132 cm³/mol. The maximum absolute atomic E-state index is 12.6. The number of methoxy groups -OCH3 is 1. The molecule has 34 heavy (non-hydrogen) atoms. The second-order valence-corrected chi connectivity index (χ2v) is 9.73. The number of rotatable bonds is 6. The number of carbonyl (C=O) groups is 2. The number of hydrogen-bond donors (Lipinski definition) is 2. The van der Waals surface area contributed by atoms with Crippen molar-refractivity contribution in [1.29, 1.82) is 0 Å². The Morgan fingerprint density at radius 1 is 1.26 bits per heavy atom. The molecule has 3 heterocycles. The number of aryl methyl sites for hydroxylation is 1. The number of thioether (sulfide) groups is 1. The fraction of sp³-hybridized carbons (Fsp3) is 0.217. The van der Waals surface area contributed by atoms with E-state index in [1.807, 2.05) is 43.3 Å². The van der Waals surface area contributed by atoms with Crippen molar-refractivity contribution in [1.82, 2.24) is 14.8 Å². The Morgan fingerprint density at radius 2 is 2.09 bits per heavy atom. The first-order valence-corrected chi connectivity index (χ1v) is 12.3. The molecule has 1 atom stereocenters. The van der Waals surface area contributed by atoms with Crippen LogP contribution in [0, 0.1) is 6.92 Å². The molecule has 2 aromatic heterocycles. The standard InChI is InChI=1S/C23H21N5O4S2/c1-12-20-21(13-7-8-15(16(9-13)31-2)32-10-18(24)29)33-11-19(30)26-22(20)28(27-12)23-25-14-5-3-4-6-17(14)34-23/h3-9,21H,10-11H2,1-2H3,(H2,24,29)(H,26,30). The Balaban J connectivity index is 1.59. The van der Waals surface area contributed by atoms with Crippen LogP contribution in [-0.2, 0) is 9.59 Å². The molecule has 11 heteroatoms. The average Bonchev–Trinajstić information content (AvgIpc) is 3.33. The number of anilines is 1. The van der Waals surface area contributed by atoms with E-state index in [0.717, 1.165) is 27.0 Å². The number of ether oxygens (including phenoxy) is 2. The van der Waals surface area contributed by atoms with Gasteiger partial charge in [0.1, 0.15) is 5.82 Å². The lowest BCUT2D eigenvalue weighted by Gasteiger charge is -2.18. The van der Waals surface area contributed by atoms with Crippen LogP contribution in [0.4, 0.5) is 5.82 Å². The van der Waals surface area contributed by atoms with Crippen LogP contribution in [0.1, 0.15) is 22.1 Å². The summed E-state index contributed by atoms with van der Waals surface area (Å²) in [6, 6.07) is 13.4. The molecule has 0 aliphatic carbocycles. The Bertz CT molecular complexity index is 1380. The van der Waals surface area contributed by atoms with Crippen LogP contribution in [0.2, 0.25) is 0 Å². The smallest absolute Gasteiger partial charge is 0.255 e. The molecule has 9 nitrogen and oxygen atoms in total. The van der Waals surface area contributed by atoms with E-state index in [4.69, 9.17) is 25.3 Å². The molecule has 0 bridgehead atoms. The molecule has 0 fully saturated rings. The molecule has 2 amide bonds. The van der Waals surface area contributed by atoms with Gasteiger partial charge in [0.25, 0.3) is 5.91 Å². The highest BCUT2D eigenvalue weighted by Crippen LogP contribution is 2.46. The highest BCUT2D eigenvalue weighted by molar-refractivity contribution is 8.00. The van der Waals surface area contributed by atoms with E-state index in [1.165, 1.54) is 30.2 Å². The summed E-state index contributed by atoms with van der Waals surface area (Å²) in [6.45, 7) is 1.68. The SMILES string of the molecule is COc1cc(C2SCC(=O)Nc3c2c(C)nn3-c2nc3ccccc3s2)ccc1OCC(N)=O. The van der Waals surface area contributed by atoms with Crippen molar-refractivity contribution in [2.75, 3.05) is 24.8 Å². The summed E-state index contributed by atoms with van der Waals surface area (Å²) in [6.07, 6.45) is 0. The lowest BCUT2D eigenvalue weighted by atomic mass is 10.0. The monoisotopic (exact) mass is 495 g/mol. The predicted octanol–water partition coefficient (Wildman–Crippen LogP) is 3.44. The van der Waals surface area contributed by atoms with Crippen molar-refractivity contribution in [3.63, 3.8) is 0 Å². The second-order valence-electron chi connectivity index (χ2n) is 7.63. The van der Waals surface area contributed by atoms with Crippen LogP contribution < -0.4 is 20.5 Å². The van der Waals surface area contributed by atoms with Gasteiger partial charge in [0.15, 0.2) is 18.1 Å². The van der Waals surface area contributed by atoms with Crippen molar-refractivity contribution in [2.24, 2.45) is 5.73 Å². The fourth-order valence-corrected chi connectivity index (χ4v) is 5.95. The largest absolute Gasteiger partial charge is 0.493 e. The average molecular weight is 496 g/mol. The minimum atomic E-state index is -0.572. The third-order valence-electron chi connectivity index (χ3n) is 5.33. The molecule has 174 valence electrons.